The minimum absolute atomic E-state index is 0.207. The molecule has 0 saturated carbocycles. The van der Waals surface area contributed by atoms with Gasteiger partial charge in [-0.15, -0.1) is 0 Å². The number of nitrogens with zero attached hydrogens (tertiary/aromatic N) is 2. The number of rotatable bonds is 8. The lowest BCUT2D eigenvalue weighted by atomic mass is 10.1. The first kappa shape index (κ1) is 21.9. The zero-order valence-corrected chi connectivity index (χ0v) is 15.3. The first-order chi connectivity index (χ1) is 12.0. The van der Waals surface area contributed by atoms with E-state index in [1.54, 1.807) is 6.92 Å². The number of halogens is 4. The van der Waals surface area contributed by atoms with Crippen molar-refractivity contribution in [1.82, 2.24) is 10.4 Å². The highest BCUT2D eigenvalue weighted by Crippen LogP contribution is 2.27. The lowest BCUT2D eigenvalue weighted by molar-refractivity contribution is -0.140. The molecule has 0 aliphatic carbocycles. The maximum atomic E-state index is 12.6. The summed E-state index contributed by atoms with van der Waals surface area (Å²) in [5, 5.41) is -0.228. The number of nitrogens with one attached hydrogen (secondary N) is 1. The van der Waals surface area contributed by atoms with Gasteiger partial charge in [0, 0.05) is 24.2 Å². The summed E-state index contributed by atoms with van der Waals surface area (Å²) >= 11 is 5.52. The molecule has 0 aromatic carbocycles. The van der Waals surface area contributed by atoms with Crippen LogP contribution in [-0.2, 0) is 14.3 Å². The molecular formula is C16H19ClF3N3O3. The van der Waals surface area contributed by atoms with Crippen molar-refractivity contribution in [2.45, 2.75) is 33.4 Å². The van der Waals surface area contributed by atoms with E-state index in [4.69, 9.17) is 16.3 Å². The van der Waals surface area contributed by atoms with Gasteiger partial charge in [-0.1, -0.05) is 18.2 Å². The van der Waals surface area contributed by atoms with Crippen molar-refractivity contribution in [3.8, 4) is 0 Å². The van der Waals surface area contributed by atoms with Gasteiger partial charge in [0.15, 0.2) is 0 Å². The second-order valence-corrected chi connectivity index (χ2v) is 5.52. The molecule has 1 rings (SSSR count). The summed E-state index contributed by atoms with van der Waals surface area (Å²) in [6.07, 6.45) is -3.24. The molecule has 0 aromatic rings. The Balaban J connectivity index is 2.92. The summed E-state index contributed by atoms with van der Waals surface area (Å²) < 4.78 is 42.9. The fourth-order valence-electron chi connectivity index (χ4n) is 1.96. The highest BCUT2D eigenvalue weighted by Gasteiger charge is 2.37. The fraction of sp³-hybridized carbons (Fsp3) is 0.438. The van der Waals surface area contributed by atoms with E-state index in [-0.39, 0.29) is 30.0 Å². The van der Waals surface area contributed by atoms with Gasteiger partial charge in [-0.3, -0.25) is 15.0 Å². The average Bonchev–Trinajstić information content (AvgIpc) is 2.77. The minimum atomic E-state index is -4.75. The van der Waals surface area contributed by atoms with E-state index in [0.717, 1.165) is 0 Å². The monoisotopic (exact) mass is 393 g/mol. The number of hydrazine groups is 1. The summed E-state index contributed by atoms with van der Waals surface area (Å²) in [4.78, 5) is 28.1. The molecule has 0 atom stereocenters. The summed E-state index contributed by atoms with van der Waals surface area (Å²) in [6, 6.07) is 0. The van der Waals surface area contributed by atoms with E-state index in [9.17, 15) is 22.8 Å². The number of hydrogen-bond acceptors (Lipinski definition) is 5. The Bertz CT molecular complexity index is 697. The molecule has 1 aliphatic rings. The van der Waals surface area contributed by atoms with E-state index >= 15 is 0 Å². The van der Waals surface area contributed by atoms with Crippen molar-refractivity contribution in [1.29, 1.82) is 0 Å². The van der Waals surface area contributed by atoms with Crippen LogP contribution in [0.2, 0.25) is 0 Å². The predicted molar refractivity (Wildman–Crippen MR) is 91.0 cm³/mol. The van der Waals surface area contributed by atoms with Gasteiger partial charge in [0.25, 0.3) is 11.8 Å². The number of alkyl halides is 3. The lowest BCUT2D eigenvalue weighted by Gasteiger charge is -2.18. The first-order valence-electron chi connectivity index (χ1n) is 7.64. The van der Waals surface area contributed by atoms with E-state index in [2.05, 4.69) is 17.0 Å². The van der Waals surface area contributed by atoms with Crippen LogP contribution in [0, 0.1) is 0 Å². The molecule has 1 N–H and O–H groups in total. The first-order valence-corrected chi connectivity index (χ1v) is 8.02. The highest BCUT2D eigenvalue weighted by atomic mass is 35.5. The van der Waals surface area contributed by atoms with Gasteiger partial charge >= 0.3 is 6.18 Å². The van der Waals surface area contributed by atoms with Crippen molar-refractivity contribution in [2.75, 3.05) is 13.2 Å². The van der Waals surface area contributed by atoms with Crippen LogP contribution in [0.4, 0.5) is 13.2 Å². The van der Waals surface area contributed by atoms with Crippen LogP contribution in [0.5, 0.6) is 0 Å². The molecule has 0 bridgehead atoms. The second kappa shape index (κ2) is 9.00. The van der Waals surface area contributed by atoms with E-state index in [1.807, 2.05) is 0 Å². The normalized spacial score (nSPS) is 16.7. The Morgan fingerprint density at radius 2 is 2.00 bits per heavy atom. The van der Waals surface area contributed by atoms with Crippen LogP contribution in [-0.4, -0.2) is 41.4 Å². The second-order valence-electron chi connectivity index (χ2n) is 5.16. The number of allylic oxidation sites excluding steroid dienone is 2. The number of ether oxygens (including phenoxy) is 1. The number of hydrogen-bond donors (Lipinski definition) is 1. The van der Waals surface area contributed by atoms with Crippen molar-refractivity contribution >= 4 is 28.6 Å². The molecular weight excluding hydrogens is 375 g/mol. The summed E-state index contributed by atoms with van der Waals surface area (Å²) in [7, 11) is 0. The Kier molecular flexibility index (Phi) is 7.58. The molecule has 10 heteroatoms. The summed E-state index contributed by atoms with van der Waals surface area (Å²) in [6.45, 7) is 8.30. The average molecular weight is 394 g/mol. The molecule has 0 saturated heterocycles. The van der Waals surface area contributed by atoms with Crippen LogP contribution in [0.25, 0.3) is 0 Å². The largest absolute Gasteiger partial charge is 0.418 e. The third kappa shape index (κ3) is 5.18. The Hall–Kier alpha value is -2.13. The van der Waals surface area contributed by atoms with Crippen LogP contribution >= 0.6 is 11.6 Å². The number of carbonyl (C=O) groups is 2. The SMILES string of the molecule is C=C(C(Cl)=N/C(=C\C)NN1C(=O)C(C)=C(CCOCC)C1=O)C(F)(F)F. The fourth-order valence-corrected chi connectivity index (χ4v) is 2.16. The van der Waals surface area contributed by atoms with E-state index in [1.165, 1.54) is 19.9 Å². The maximum Gasteiger partial charge on any atom is 0.418 e. The Morgan fingerprint density at radius 1 is 1.38 bits per heavy atom. The zero-order valence-electron chi connectivity index (χ0n) is 14.5. The van der Waals surface area contributed by atoms with Gasteiger partial charge in [-0.25, -0.2) is 4.99 Å². The number of aliphatic imine (C=N–C) groups is 1. The Labute approximate surface area is 154 Å². The third-order valence-electron chi connectivity index (χ3n) is 3.45. The molecule has 0 aromatic heterocycles. The molecule has 0 unspecified atom stereocenters. The standard InChI is InChI=1S/C16H19ClF3N3O3/c1-5-12(21-13(17)10(4)16(18,19)20)22-23-14(24)9(3)11(15(23)25)7-8-26-6-2/h5,22H,4,6-8H2,1-3H3/b12-5+,21-13?. The summed E-state index contributed by atoms with van der Waals surface area (Å²) in [5.41, 5.74) is 1.54. The lowest BCUT2D eigenvalue weighted by Crippen LogP contribution is -2.43. The van der Waals surface area contributed by atoms with Gasteiger partial charge < -0.3 is 4.74 Å². The minimum Gasteiger partial charge on any atom is -0.381 e. The molecule has 0 fully saturated rings. The molecule has 144 valence electrons. The topological polar surface area (TPSA) is 71.0 Å². The predicted octanol–water partition coefficient (Wildman–Crippen LogP) is 3.22. The van der Waals surface area contributed by atoms with Gasteiger partial charge in [-0.05, 0) is 26.8 Å². The quantitative estimate of drug-likeness (QED) is 0.390. The van der Waals surface area contributed by atoms with Crippen molar-refractivity contribution in [2.24, 2.45) is 4.99 Å². The van der Waals surface area contributed by atoms with Crippen LogP contribution in [0.15, 0.2) is 40.2 Å². The molecule has 1 aliphatic heterocycles. The molecule has 0 radical (unpaired) electrons. The molecule has 2 amide bonds. The van der Waals surface area contributed by atoms with E-state index in [0.29, 0.717) is 11.6 Å². The van der Waals surface area contributed by atoms with Gasteiger partial charge in [-0.2, -0.15) is 18.2 Å². The maximum absolute atomic E-state index is 12.6. The third-order valence-corrected chi connectivity index (χ3v) is 3.76. The van der Waals surface area contributed by atoms with Crippen molar-refractivity contribution in [3.05, 3.63) is 35.2 Å². The smallest absolute Gasteiger partial charge is 0.381 e. The molecule has 1 heterocycles. The number of imide groups is 1. The zero-order chi connectivity index (χ0) is 20.1. The summed E-state index contributed by atoms with van der Waals surface area (Å²) in [5.74, 6) is -1.45. The van der Waals surface area contributed by atoms with Gasteiger partial charge in [0.1, 0.15) is 11.0 Å². The highest BCUT2D eigenvalue weighted by molar-refractivity contribution is 6.69. The van der Waals surface area contributed by atoms with Crippen molar-refractivity contribution in [3.63, 3.8) is 0 Å². The van der Waals surface area contributed by atoms with Crippen LogP contribution < -0.4 is 5.43 Å². The van der Waals surface area contributed by atoms with Crippen molar-refractivity contribution < 1.29 is 27.5 Å². The van der Waals surface area contributed by atoms with Crippen LogP contribution in [0.1, 0.15) is 27.2 Å². The molecule has 0 spiro atoms. The van der Waals surface area contributed by atoms with Crippen LogP contribution in [0.3, 0.4) is 0 Å². The van der Waals surface area contributed by atoms with E-state index < -0.39 is 28.7 Å². The van der Waals surface area contributed by atoms with Gasteiger partial charge in [0.05, 0.1) is 12.2 Å². The molecule has 26 heavy (non-hydrogen) atoms. The van der Waals surface area contributed by atoms with Gasteiger partial charge in [0.2, 0.25) is 0 Å². The number of carbonyl (C=O) groups excluding carboxylic acids is 2. The Morgan fingerprint density at radius 3 is 2.50 bits per heavy atom. The molecule has 6 nitrogen and oxygen atoms in total. The number of amides is 2.